The van der Waals surface area contributed by atoms with Gasteiger partial charge in [0.1, 0.15) is 11.6 Å². The van der Waals surface area contributed by atoms with Gasteiger partial charge in [-0.2, -0.15) is 17.7 Å². The predicted octanol–water partition coefficient (Wildman–Crippen LogP) is 2.14. The molecule has 0 saturated carbocycles. The summed E-state index contributed by atoms with van der Waals surface area (Å²) >= 11 is 0. The third-order valence-corrected chi connectivity index (χ3v) is 4.03. The number of rotatable bonds is 2. The van der Waals surface area contributed by atoms with Crippen molar-refractivity contribution in [3.63, 3.8) is 0 Å². The van der Waals surface area contributed by atoms with Crippen LogP contribution in [-0.4, -0.2) is 35.8 Å². The molecular formula is C14H14F3N7. The normalized spacial score (nSPS) is 17.9. The number of anilines is 1. The van der Waals surface area contributed by atoms with Crippen LogP contribution in [0.25, 0.3) is 5.65 Å². The summed E-state index contributed by atoms with van der Waals surface area (Å²) in [6.07, 6.45) is -2.21. The van der Waals surface area contributed by atoms with Crippen molar-refractivity contribution in [2.45, 2.75) is 38.4 Å². The standard InChI is InChI=1S/C14H14F3N7/c1-7-18-9-3-2-8(6-10(9)19-7)20-11-4-5-12-21-22-13(14(15,16)17)24(12)23-11/h4-5,8H,2-3,6H2,1H3,(H,18,19)(H,20,23). The first-order valence-corrected chi connectivity index (χ1v) is 7.51. The average Bonchev–Trinajstić information content (AvgIpc) is 3.08. The molecule has 0 saturated heterocycles. The van der Waals surface area contributed by atoms with E-state index >= 15 is 0 Å². The minimum Gasteiger partial charge on any atom is -0.365 e. The Morgan fingerprint density at radius 3 is 2.92 bits per heavy atom. The van der Waals surface area contributed by atoms with Gasteiger partial charge in [0.05, 0.1) is 5.69 Å². The number of H-pyrrole nitrogens is 1. The summed E-state index contributed by atoms with van der Waals surface area (Å²) in [5.74, 6) is 0.105. The zero-order valence-electron chi connectivity index (χ0n) is 12.7. The van der Waals surface area contributed by atoms with Crippen LogP contribution in [0.2, 0.25) is 0 Å². The number of aromatic nitrogens is 6. The van der Waals surface area contributed by atoms with Gasteiger partial charge in [0.15, 0.2) is 5.65 Å². The number of halogens is 3. The fourth-order valence-electron chi connectivity index (χ4n) is 3.00. The summed E-state index contributed by atoms with van der Waals surface area (Å²) in [6.45, 7) is 1.90. The molecule has 0 fully saturated rings. The van der Waals surface area contributed by atoms with Gasteiger partial charge < -0.3 is 10.3 Å². The highest BCUT2D eigenvalue weighted by atomic mass is 19.4. The van der Waals surface area contributed by atoms with Crippen LogP contribution in [-0.2, 0) is 19.0 Å². The van der Waals surface area contributed by atoms with Gasteiger partial charge in [0, 0.05) is 18.2 Å². The number of nitrogens with zero attached hydrogens (tertiary/aromatic N) is 5. The second kappa shape index (κ2) is 5.18. The average molecular weight is 337 g/mol. The van der Waals surface area contributed by atoms with Crippen molar-refractivity contribution in [2.75, 3.05) is 5.32 Å². The molecule has 24 heavy (non-hydrogen) atoms. The molecule has 1 unspecified atom stereocenters. The molecule has 1 atom stereocenters. The maximum absolute atomic E-state index is 12.9. The zero-order chi connectivity index (χ0) is 16.9. The quantitative estimate of drug-likeness (QED) is 0.748. The van der Waals surface area contributed by atoms with Crippen molar-refractivity contribution in [3.05, 3.63) is 35.2 Å². The molecule has 0 amide bonds. The van der Waals surface area contributed by atoms with Crippen LogP contribution in [0.3, 0.4) is 0 Å². The molecule has 0 aromatic carbocycles. The van der Waals surface area contributed by atoms with E-state index in [0.717, 1.165) is 41.0 Å². The van der Waals surface area contributed by atoms with Crippen LogP contribution in [0.4, 0.5) is 19.0 Å². The summed E-state index contributed by atoms with van der Waals surface area (Å²) in [4.78, 5) is 7.64. The Balaban J connectivity index is 1.59. The molecule has 3 aromatic rings. The highest BCUT2D eigenvalue weighted by Crippen LogP contribution is 2.28. The second-order valence-electron chi connectivity index (χ2n) is 5.84. The molecular weight excluding hydrogens is 323 g/mol. The van der Waals surface area contributed by atoms with Gasteiger partial charge in [-0.3, -0.25) is 0 Å². The predicted molar refractivity (Wildman–Crippen MR) is 78.5 cm³/mol. The van der Waals surface area contributed by atoms with Crippen molar-refractivity contribution in [2.24, 2.45) is 0 Å². The minimum absolute atomic E-state index is 0.0583. The first-order valence-electron chi connectivity index (χ1n) is 7.51. The molecule has 126 valence electrons. The molecule has 1 aliphatic rings. The summed E-state index contributed by atoms with van der Waals surface area (Å²) in [5, 5.41) is 13.8. The third kappa shape index (κ3) is 2.57. The van der Waals surface area contributed by atoms with E-state index < -0.39 is 12.0 Å². The Bertz CT molecular complexity index is 896. The number of imidazole rings is 1. The fraction of sp³-hybridized carbons (Fsp3) is 0.429. The molecule has 3 heterocycles. The minimum atomic E-state index is -4.60. The van der Waals surface area contributed by atoms with Gasteiger partial charge in [0.25, 0.3) is 5.82 Å². The van der Waals surface area contributed by atoms with Crippen molar-refractivity contribution in [1.29, 1.82) is 0 Å². The van der Waals surface area contributed by atoms with Gasteiger partial charge in [-0.05, 0) is 31.9 Å². The van der Waals surface area contributed by atoms with Crippen LogP contribution in [0, 0.1) is 6.92 Å². The number of hydrogen-bond donors (Lipinski definition) is 2. The number of fused-ring (bicyclic) bond motifs is 2. The Hall–Kier alpha value is -2.65. The molecule has 10 heteroatoms. The molecule has 7 nitrogen and oxygen atoms in total. The highest BCUT2D eigenvalue weighted by Gasteiger charge is 2.37. The van der Waals surface area contributed by atoms with E-state index in [2.05, 4.69) is 30.6 Å². The molecule has 0 spiro atoms. The molecule has 3 aromatic heterocycles. The number of aromatic amines is 1. The maximum Gasteiger partial charge on any atom is 0.453 e. The largest absolute Gasteiger partial charge is 0.453 e. The lowest BCUT2D eigenvalue weighted by Gasteiger charge is -2.22. The van der Waals surface area contributed by atoms with Crippen LogP contribution >= 0.6 is 0 Å². The topological polar surface area (TPSA) is 83.8 Å². The van der Waals surface area contributed by atoms with Crippen molar-refractivity contribution >= 4 is 11.5 Å². The SMILES string of the molecule is Cc1nc2c([nH]1)CC(Nc1ccc3nnc(C(F)(F)F)n3n1)CC2. The highest BCUT2D eigenvalue weighted by molar-refractivity contribution is 5.45. The lowest BCUT2D eigenvalue weighted by molar-refractivity contribution is -0.146. The number of nitrogens with one attached hydrogen (secondary N) is 2. The van der Waals surface area contributed by atoms with E-state index in [1.807, 2.05) is 6.92 Å². The van der Waals surface area contributed by atoms with E-state index in [9.17, 15) is 13.2 Å². The van der Waals surface area contributed by atoms with Crippen LogP contribution in [0.1, 0.15) is 29.5 Å². The number of hydrogen-bond acceptors (Lipinski definition) is 5. The van der Waals surface area contributed by atoms with Crippen molar-refractivity contribution in [1.82, 2.24) is 29.8 Å². The molecule has 0 bridgehead atoms. The Labute approximate surface area is 134 Å². The molecule has 4 rings (SSSR count). The van der Waals surface area contributed by atoms with Gasteiger partial charge in [0.2, 0.25) is 0 Å². The Morgan fingerprint density at radius 1 is 1.29 bits per heavy atom. The number of alkyl halides is 3. The van der Waals surface area contributed by atoms with Crippen LogP contribution in [0.5, 0.6) is 0 Å². The lowest BCUT2D eigenvalue weighted by atomic mass is 9.96. The first-order chi connectivity index (χ1) is 11.4. The van der Waals surface area contributed by atoms with Crippen molar-refractivity contribution < 1.29 is 13.2 Å². The monoisotopic (exact) mass is 337 g/mol. The van der Waals surface area contributed by atoms with E-state index in [0.29, 0.717) is 5.82 Å². The van der Waals surface area contributed by atoms with Crippen molar-refractivity contribution in [3.8, 4) is 0 Å². The zero-order valence-corrected chi connectivity index (χ0v) is 12.7. The molecule has 1 aliphatic carbocycles. The van der Waals surface area contributed by atoms with Gasteiger partial charge in [-0.25, -0.2) is 4.98 Å². The molecule has 0 radical (unpaired) electrons. The first kappa shape index (κ1) is 14.9. The fourth-order valence-corrected chi connectivity index (χ4v) is 3.00. The van der Waals surface area contributed by atoms with E-state index in [1.54, 1.807) is 6.07 Å². The number of aryl methyl sites for hydroxylation is 2. The van der Waals surface area contributed by atoms with E-state index in [4.69, 9.17) is 0 Å². The van der Waals surface area contributed by atoms with E-state index in [1.165, 1.54) is 6.07 Å². The van der Waals surface area contributed by atoms with E-state index in [-0.39, 0.29) is 11.7 Å². The second-order valence-corrected chi connectivity index (χ2v) is 5.84. The summed E-state index contributed by atoms with van der Waals surface area (Å²) < 4.78 is 39.5. The maximum atomic E-state index is 12.9. The van der Waals surface area contributed by atoms with Gasteiger partial charge in [-0.15, -0.1) is 15.3 Å². The smallest absolute Gasteiger partial charge is 0.365 e. The van der Waals surface area contributed by atoms with Crippen LogP contribution in [0.15, 0.2) is 12.1 Å². The molecule has 0 aliphatic heterocycles. The Morgan fingerprint density at radius 2 is 2.12 bits per heavy atom. The summed E-state index contributed by atoms with van der Waals surface area (Å²) in [7, 11) is 0. The lowest BCUT2D eigenvalue weighted by Crippen LogP contribution is -2.28. The summed E-state index contributed by atoms with van der Waals surface area (Å²) in [5.41, 5.74) is 2.19. The Kier molecular flexibility index (Phi) is 3.22. The summed E-state index contributed by atoms with van der Waals surface area (Å²) in [6, 6.07) is 3.15. The third-order valence-electron chi connectivity index (χ3n) is 4.03. The molecule has 2 N–H and O–H groups in total. The van der Waals surface area contributed by atoms with Crippen LogP contribution < -0.4 is 5.32 Å². The van der Waals surface area contributed by atoms with Gasteiger partial charge >= 0.3 is 6.18 Å². The van der Waals surface area contributed by atoms with Gasteiger partial charge in [-0.1, -0.05) is 0 Å².